The van der Waals surface area contributed by atoms with Crippen LogP contribution in [0.5, 0.6) is 0 Å². The molecule has 0 N–H and O–H groups in total. The molecule has 0 aliphatic carbocycles. The van der Waals surface area contributed by atoms with Crippen molar-refractivity contribution in [2.24, 2.45) is 0 Å². The molecule has 0 aliphatic heterocycles. The molecule has 0 unspecified atom stereocenters. The Morgan fingerprint density at radius 1 is 1.24 bits per heavy atom. The van der Waals surface area contributed by atoms with E-state index in [0.29, 0.717) is 10.1 Å². The van der Waals surface area contributed by atoms with Gasteiger partial charge in [-0.3, -0.25) is 0 Å². The number of ether oxygens (including phenoxy) is 2. The highest BCUT2D eigenvalue weighted by atomic mass is 127. The topological polar surface area (TPSA) is 57.5 Å². The number of nitrogens with zero attached hydrogens (tertiary/aromatic N) is 1. The minimum absolute atomic E-state index is 0.261. The number of halogens is 1. The highest BCUT2D eigenvalue weighted by molar-refractivity contribution is 14.1. The van der Waals surface area contributed by atoms with Crippen molar-refractivity contribution in [3.63, 3.8) is 0 Å². The largest absolute Gasteiger partial charge is 0.461 e. The number of hydrogen-bond acceptors (Lipinski definition) is 4. The summed E-state index contributed by atoms with van der Waals surface area (Å²) in [5.41, 5.74) is 1.38. The van der Waals surface area contributed by atoms with Gasteiger partial charge >= 0.3 is 12.1 Å². The molecule has 0 aliphatic rings. The quantitative estimate of drug-likeness (QED) is 0.563. The number of hydrogen-bond donors (Lipinski definition) is 0. The molecule has 0 atom stereocenters. The Morgan fingerprint density at radius 2 is 1.81 bits per heavy atom. The summed E-state index contributed by atoms with van der Waals surface area (Å²) in [5, 5.41) is 0. The van der Waals surface area contributed by atoms with Crippen LogP contribution in [0.3, 0.4) is 0 Å². The molecule has 0 radical (unpaired) electrons. The monoisotopic (exact) mass is 407 g/mol. The maximum atomic E-state index is 12.4. The summed E-state index contributed by atoms with van der Waals surface area (Å²) in [6, 6.07) is 0. The van der Waals surface area contributed by atoms with E-state index in [1.54, 1.807) is 27.7 Å². The van der Waals surface area contributed by atoms with Crippen LogP contribution in [-0.2, 0) is 15.9 Å². The van der Waals surface area contributed by atoms with E-state index >= 15 is 0 Å². The fraction of sp³-hybridized carbons (Fsp3) is 0.600. The molecule has 6 heteroatoms. The molecule has 0 bridgehead atoms. The lowest BCUT2D eigenvalue weighted by molar-refractivity contribution is 0.0445. The van der Waals surface area contributed by atoms with E-state index in [-0.39, 0.29) is 12.3 Å². The molecule has 0 spiro atoms. The van der Waals surface area contributed by atoms with Crippen LogP contribution in [0.4, 0.5) is 4.79 Å². The van der Waals surface area contributed by atoms with Gasteiger partial charge in [-0.1, -0.05) is 6.92 Å². The lowest BCUT2D eigenvalue weighted by atomic mass is 10.1. The van der Waals surface area contributed by atoms with Crippen molar-refractivity contribution in [1.29, 1.82) is 0 Å². The molecule has 1 heterocycles. The van der Waals surface area contributed by atoms with Crippen molar-refractivity contribution in [3.8, 4) is 0 Å². The smallest absolute Gasteiger partial charge is 0.420 e. The highest BCUT2D eigenvalue weighted by Crippen LogP contribution is 2.26. The molecule has 0 saturated carbocycles. The van der Waals surface area contributed by atoms with Crippen LogP contribution in [0.25, 0.3) is 0 Å². The van der Waals surface area contributed by atoms with Gasteiger partial charge in [-0.05, 0) is 74.8 Å². The molecule has 1 aromatic rings. The summed E-state index contributed by atoms with van der Waals surface area (Å²) in [6.07, 6.45) is 0.0870. The fourth-order valence-electron chi connectivity index (χ4n) is 2.03. The summed E-state index contributed by atoms with van der Waals surface area (Å²) in [6.45, 7) is 11.2. The van der Waals surface area contributed by atoms with Gasteiger partial charge in [0.05, 0.1) is 10.3 Å². The average molecular weight is 407 g/mol. The SMILES string of the molecule is CCOC(=O)c1c(CC)c(C)c(I)n1C(=O)OC(C)(C)C. The Labute approximate surface area is 139 Å². The van der Waals surface area contributed by atoms with Gasteiger partial charge in [0, 0.05) is 0 Å². The maximum absolute atomic E-state index is 12.4. The molecular formula is C15H22INO4. The molecule has 1 aromatic heterocycles. The van der Waals surface area contributed by atoms with Gasteiger partial charge in [-0.2, -0.15) is 0 Å². The maximum Gasteiger partial charge on any atom is 0.420 e. The van der Waals surface area contributed by atoms with Gasteiger partial charge < -0.3 is 9.47 Å². The predicted octanol–water partition coefficient (Wildman–Crippen LogP) is 3.92. The van der Waals surface area contributed by atoms with E-state index in [4.69, 9.17) is 9.47 Å². The van der Waals surface area contributed by atoms with Crippen molar-refractivity contribution in [2.45, 2.75) is 53.6 Å². The number of aromatic nitrogens is 1. The second-order valence-corrected chi connectivity index (χ2v) is 6.65. The van der Waals surface area contributed by atoms with Gasteiger partial charge in [0.25, 0.3) is 0 Å². The van der Waals surface area contributed by atoms with Gasteiger partial charge in [0.2, 0.25) is 0 Å². The van der Waals surface area contributed by atoms with E-state index in [2.05, 4.69) is 22.6 Å². The molecule has 1 rings (SSSR count). The van der Waals surface area contributed by atoms with Crippen molar-refractivity contribution in [3.05, 3.63) is 20.5 Å². The number of esters is 1. The molecule has 21 heavy (non-hydrogen) atoms. The first-order chi connectivity index (χ1) is 9.64. The molecule has 5 nitrogen and oxygen atoms in total. The fourth-order valence-corrected chi connectivity index (χ4v) is 2.79. The number of carbonyl (C=O) groups is 2. The Morgan fingerprint density at radius 3 is 2.24 bits per heavy atom. The minimum Gasteiger partial charge on any atom is -0.461 e. The van der Waals surface area contributed by atoms with E-state index < -0.39 is 17.7 Å². The second kappa shape index (κ2) is 6.81. The Bertz CT molecular complexity index is 555. The first kappa shape index (κ1) is 18.0. The third-order valence-electron chi connectivity index (χ3n) is 2.87. The second-order valence-electron chi connectivity index (χ2n) is 5.63. The van der Waals surface area contributed by atoms with Crippen molar-refractivity contribution in [2.75, 3.05) is 6.61 Å². The van der Waals surface area contributed by atoms with Gasteiger partial charge in [-0.15, -0.1) is 0 Å². The molecule has 0 saturated heterocycles. The van der Waals surface area contributed by atoms with Crippen molar-refractivity contribution < 1.29 is 19.1 Å². The molecule has 0 fully saturated rings. The van der Waals surface area contributed by atoms with Crippen LogP contribution in [0.1, 0.15) is 56.2 Å². The predicted molar refractivity (Wildman–Crippen MR) is 88.9 cm³/mol. The summed E-state index contributed by atoms with van der Waals surface area (Å²) >= 11 is 2.06. The Kier molecular flexibility index (Phi) is 5.83. The molecule has 0 aromatic carbocycles. The lowest BCUT2D eigenvalue weighted by Crippen LogP contribution is -2.30. The van der Waals surface area contributed by atoms with Gasteiger partial charge in [0.1, 0.15) is 11.3 Å². The third-order valence-corrected chi connectivity index (χ3v) is 4.16. The van der Waals surface area contributed by atoms with Crippen LogP contribution in [0, 0.1) is 10.6 Å². The van der Waals surface area contributed by atoms with Crippen LogP contribution < -0.4 is 0 Å². The van der Waals surface area contributed by atoms with Crippen molar-refractivity contribution in [1.82, 2.24) is 4.57 Å². The lowest BCUT2D eigenvalue weighted by Gasteiger charge is -2.20. The first-order valence-corrected chi connectivity index (χ1v) is 8.02. The van der Waals surface area contributed by atoms with Crippen molar-refractivity contribution >= 4 is 34.7 Å². The summed E-state index contributed by atoms with van der Waals surface area (Å²) in [5.74, 6) is -0.494. The number of rotatable bonds is 3. The van der Waals surface area contributed by atoms with E-state index in [0.717, 1.165) is 11.1 Å². The first-order valence-electron chi connectivity index (χ1n) is 6.94. The Balaban J connectivity index is 3.42. The zero-order valence-corrected chi connectivity index (χ0v) is 15.5. The molecule has 118 valence electrons. The minimum atomic E-state index is -0.628. The summed E-state index contributed by atoms with van der Waals surface area (Å²) < 4.78 is 12.5. The molecule has 0 amide bonds. The summed E-state index contributed by atoms with van der Waals surface area (Å²) in [7, 11) is 0. The zero-order valence-electron chi connectivity index (χ0n) is 13.4. The molecular weight excluding hydrogens is 385 g/mol. The van der Waals surface area contributed by atoms with E-state index in [1.807, 2.05) is 13.8 Å². The zero-order chi connectivity index (χ0) is 16.4. The Hall–Kier alpha value is -1.05. The highest BCUT2D eigenvalue weighted by Gasteiger charge is 2.30. The van der Waals surface area contributed by atoms with Crippen LogP contribution in [0.15, 0.2) is 0 Å². The average Bonchev–Trinajstić information content (AvgIpc) is 2.60. The van der Waals surface area contributed by atoms with Crippen LogP contribution >= 0.6 is 22.6 Å². The van der Waals surface area contributed by atoms with Crippen LogP contribution in [0.2, 0.25) is 0 Å². The van der Waals surface area contributed by atoms with Gasteiger partial charge in [-0.25, -0.2) is 14.2 Å². The normalized spacial score (nSPS) is 11.4. The van der Waals surface area contributed by atoms with E-state index in [9.17, 15) is 9.59 Å². The standard InChI is InChI=1S/C15H22INO4/c1-7-10-9(3)12(16)17(11(10)13(18)20-8-2)14(19)21-15(4,5)6/h7-8H2,1-6H3. The number of carbonyl (C=O) groups excluding carboxylic acids is 2. The van der Waals surface area contributed by atoms with Crippen LogP contribution in [-0.4, -0.2) is 28.8 Å². The summed E-state index contributed by atoms with van der Waals surface area (Å²) in [4.78, 5) is 24.6. The van der Waals surface area contributed by atoms with E-state index in [1.165, 1.54) is 4.57 Å². The third kappa shape index (κ3) is 3.99. The van der Waals surface area contributed by atoms with Gasteiger partial charge in [0.15, 0.2) is 0 Å².